The Labute approximate surface area is 133 Å². The summed E-state index contributed by atoms with van der Waals surface area (Å²) in [6.07, 6.45) is 2.42. The first-order chi connectivity index (χ1) is 9.75. The van der Waals surface area contributed by atoms with Gasteiger partial charge in [0.1, 0.15) is 0 Å². The van der Waals surface area contributed by atoms with E-state index in [0.717, 1.165) is 38.0 Å². The van der Waals surface area contributed by atoms with Crippen LogP contribution in [0.15, 0.2) is 0 Å². The van der Waals surface area contributed by atoms with Gasteiger partial charge in [0.2, 0.25) is 0 Å². The Morgan fingerprint density at radius 1 is 0.714 bits per heavy atom. The summed E-state index contributed by atoms with van der Waals surface area (Å²) in [6.45, 7) is 19.3. The van der Waals surface area contributed by atoms with Gasteiger partial charge < -0.3 is 11.5 Å². The summed E-state index contributed by atoms with van der Waals surface area (Å²) in [5.74, 6) is 1.44. The molecule has 0 aliphatic heterocycles. The third-order valence-corrected chi connectivity index (χ3v) is 4.30. The summed E-state index contributed by atoms with van der Waals surface area (Å²) in [5, 5.41) is 0. The normalized spacial score (nSPS) is 13.1. The molecule has 0 rings (SSSR count). The Balaban J connectivity index is 4.88. The van der Waals surface area contributed by atoms with Gasteiger partial charge in [-0.05, 0) is 38.5 Å². The lowest BCUT2D eigenvalue weighted by molar-refractivity contribution is -0.0337. The average molecular weight is 301 g/mol. The first-order valence-corrected chi connectivity index (χ1v) is 8.65. The maximum atomic E-state index is 5.84. The molecule has 0 aromatic rings. The molecule has 0 atom stereocenters. The lowest BCUT2D eigenvalue weighted by Gasteiger charge is -2.47. The maximum absolute atomic E-state index is 5.84. The largest absolute Gasteiger partial charge is 0.329 e. The number of hydrogen-bond acceptors (Lipinski definition) is 4. The number of hydrogen-bond donors (Lipinski definition) is 2. The van der Waals surface area contributed by atoms with Gasteiger partial charge in [-0.25, -0.2) is 0 Å². The highest BCUT2D eigenvalue weighted by Gasteiger charge is 2.32. The van der Waals surface area contributed by atoms with Gasteiger partial charge in [0.25, 0.3) is 0 Å². The lowest BCUT2D eigenvalue weighted by Crippen LogP contribution is -2.59. The van der Waals surface area contributed by atoms with E-state index in [-0.39, 0.29) is 5.66 Å². The van der Waals surface area contributed by atoms with Crippen LogP contribution >= 0.6 is 0 Å². The van der Waals surface area contributed by atoms with Gasteiger partial charge in [-0.2, -0.15) is 0 Å². The number of rotatable bonds is 12. The first-order valence-electron chi connectivity index (χ1n) is 8.65. The van der Waals surface area contributed by atoms with Crippen molar-refractivity contribution in [1.29, 1.82) is 0 Å². The average Bonchev–Trinajstić information content (AvgIpc) is 2.38. The molecule has 0 aliphatic rings. The van der Waals surface area contributed by atoms with E-state index in [0.29, 0.717) is 13.1 Å². The van der Waals surface area contributed by atoms with Crippen molar-refractivity contribution in [3.05, 3.63) is 0 Å². The summed E-state index contributed by atoms with van der Waals surface area (Å²) in [6, 6.07) is 0. The Kier molecular flexibility index (Phi) is 10.5. The minimum Gasteiger partial charge on any atom is -0.329 e. The summed E-state index contributed by atoms with van der Waals surface area (Å²) in [5.41, 5.74) is 11.7. The molecule has 4 heteroatoms. The van der Waals surface area contributed by atoms with E-state index >= 15 is 0 Å². The molecule has 128 valence electrons. The maximum Gasteiger partial charge on any atom is 0.0680 e. The second-order valence-electron chi connectivity index (χ2n) is 7.41. The molecular formula is C17H40N4. The van der Waals surface area contributed by atoms with Crippen molar-refractivity contribution in [3.8, 4) is 0 Å². The van der Waals surface area contributed by atoms with Crippen LogP contribution in [0.1, 0.15) is 54.4 Å². The van der Waals surface area contributed by atoms with Gasteiger partial charge in [-0.15, -0.1) is 0 Å². The summed E-state index contributed by atoms with van der Waals surface area (Å²) in [7, 11) is 0. The van der Waals surface area contributed by atoms with Crippen molar-refractivity contribution in [3.63, 3.8) is 0 Å². The molecule has 4 nitrogen and oxygen atoms in total. The molecule has 0 radical (unpaired) electrons. The second-order valence-corrected chi connectivity index (χ2v) is 7.41. The highest BCUT2D eigenvalue weighted by molar-refractivity contribution is 4.83. The molecular weight excluding hydrogens is 260 g/mol. The molecule has 4 N–H and O–H groups in total. The minimum absolute atomic E-state index is 0.0164. The van der Waals surface area contributed by atoms with Crippen molar-refractivity contribution < 1.29 is 0 Å². The van der Waals surface area contributed by atoms with Crippen molar-refractivity contribution in [1.82, 2.24) is 9.80 Å². The van der Waals surface area contributed by atoms with Crippen molar-refractivity contribution >= 4 is 0 Å². The van der Waals surface area contributed by atoms with E-state index in [2.05, 4.69) is 51.3 Å². The van der Waals surface area contributed by atoms with Crippen LogP contribution < -0.4 is 11.5 Å². The van der Waals surface area contributed by atoms with Gasteiger partial charge in [0.05, 0.1) is 5.66 Å². The molecule has 21 heavy (non-hydrogen) atoms. The second kappa shape index (κ2) is 10.5. The molecule has 0 saturated heterocycles. The van der Waals surface area contributed by atoms with Gasteiger partial charge in [0.15, 0.2) is 0 Å². The van der Waals surface area contributed by atoms with Crippen LogP contribution in [0.2, 0.25) is 0 Å². The Bertz CT molecular complexity index is 227. The quantitative estimate of drug-likeness (QED) is 0.543. The summed E-state index contributed by atoms with van der Waals surface area (Å²) >= 11 is 0. The van der Waals surface area contributed by atoms with Crippen LogP contribution in [0.25, 0.3) is 0 Å². The van der Waals surface area contributed by atoms with Gasteiger partial charge in [-0.3, -0.25) is 9.80 Å². The van der Waals surface area contributed by atoms with Gasteiger partial charge >= 0.3 is 0 Å². The molecule has 0 amide bonds. The topological polar surface area (TPSA) is 58.5 Å². The molecule has 0 aliphatic carbocycles. The molecule has 0 unspecified atom stereocenters. The zero-order valence-corrected chi connectivity index (χ0v) is 15.4. The van der Waals surface area contributed by atoms with Crippen LogP contribution in [0.5, 0.6) is 0 Å². The zero-order valence-electron chi connectivity index (χ0n) is 15.4. The smallest absolute Gasteiger partial charge is 0.0680 e. The fourth-order valence-corrected chi connectivity index (χ4v) is 2.66. The van der Waals surface area contributed by atoms with Crippen molar-refractivity contribution in [2.24, 2.45) is 23.3 Å². The van der Waals surface area contributed by atoms with E-state index < -0.39 is 0 Å². The van der Waals surface area contributed by atoms with E-state index in [9.17, 15) is 0 Å². The third kappa shape index (κ3) is 8.15. The molecule has 0 aromatic heterocycles. The third-order valence-electron chi connectivity index (χ3n) is 4.30. The van der Waals surface area contributed by atoms with Crippen LogP contribution in [0, 0.1) is 11.8 Å². The molecule has 0 spiro atoms. The van der Waals surface area contributed by atoms with Gasteiger partial charge in [0, 0.05) is 39.3 Å². The molecule has 0 saturated carbocycles. The number of nitrogens with two attached hydrogens (primary N) is 2. The van der Waals surface area contributed by atoms with E-state index in [1.807, 2.05) is 0 Å². The van der Waals surface area contributed by atoms with E-state index in [1.165, 1.54) is 12.8 Å². The minimum atomic E-state index is 0.0164. The highest BCUT2D eigenvalue weighted by Crippen LogP contribution is 2.22. The molecule has 0 bridgehead atoms. The fraction of sp³-hybridized carbons (Fsp3) is 1.00. The Morgan fingerprint density at radius 3 is 1.29 bits per heavy atom. The van der Waals surface area contributed by atoms with E-state index in [4.69, 9.17) is 11.5 Å². The monoisotopic (exact) mass is 300 g/mol. The van der Waals surface area contributed by atoms with Crippen LogP contribution in [0.4, 0.5) is 0 Å². The fourth-order valence-electron chi connectivity index (χ4n) is 2.66. The highest BCUT2D eigenvalue weighted by atomic mass is 15.4. The first kappa shape index (κ1) is 20.8. The predicted molar refractivity (Wildman–Crippen MR) is 94.2 cm³/mol. The Hall–Kier alpha value is -0.160. The lowest BCUT2D eigenvalue weighted by atomic mass is 10.0. The van der Waals surface area contributed by atoms with Crippen molar-refractivity contribution in [2.45, 2.75) is 60.0 Å². The van der Waals surface area contributed by atoms with Crippen LogP contribution in [0.3, 0.4) is 0 Å². The SMILES string of the molecule is CC(C)CCN(CCN)C(C)(C)N(CCN)CCC(C)C. The van der Waals surface area contributed by atoms with Crippen molar-refractivity contribution in [2.75, 3.05) is 39.3 Å². The molecule has 0 heterocycles. The summed E-state index contributed by atoms with van der Waals surface area (Å²) < 4.78 is 0. The van der Waals surface area contributed by atoms with E-state index in [1.54, 1.807) is 0 Å². The Morgan fingerprint density at radius 2 is 1.05 bits per heavy atom. The zero-order chi connectivity index (χ0) is 16.5. The van der Waals surface area contributed by atoms with Crippen LogP contribution in [-0.4, -0.2) is 54.7 Å². The van der Waals surface area contributed by atoms with Gasteiger partial charge in [-0.1, -0.05) is 27.7 Å². The molecule has 0 fully saturated rings. The summed E-state index contributed by atoms with van der Waals surface area (Å²) in [4.78, 5) is 5.06. The predicted octanol–water partition coefficient (Wildman–Crippen LogP) is 2.34. The molecule has 0 aromatic carbocycles. The number of nitrogens with zero attached hydrogens (tertiary/aromatic N) is 2. The van der Waals surface area contributed by atoms with Crippen LogP contribution in [-0.2, 0) is 0 Å². The standard InChI is InChI=1S/C17H40N4/c1-15(2)7-11-20(13-9-18)17(5,6)21(14-10-19)12-8-16(3)4/h15-16H,7-14,18-19H2,1-6H3.